The minimum atomic E-state index is -0.538. The van der Waals surface area contributed by atoms with E-state index in [0.29, 0.717) is 0 Å². The number of phenols is 1. The topological polar surface area (TPSA) is 69.6 Å². The zero-order valence-corrected chi connectivity index (χ0v) is 12.2. The number of amides is 1. The first-order valence-electron chi connectivity index (χ1n) is 6.48. The number of carbonyl (C=O) groups excluding carboxylic acids is 1. The van der Waals surface area contributed by atoms with Gasteiger partial charge in [0.15, 0.2) is 0 Å². The summed E-state index contributed by atoms with van der Waals surface area (Å²) in [6.07, 6.45) is 4.71. The van der Waals surface area contributed by atoms with E-state index in [-0.39, 0.29) is 23.8 Å². The standard InChI is InChI=1S/C14H18BrNO3/c15-10-4-5-12(18)11(8-10)13(19)16-14(9-17)6-2-1-3-7-14/h4-5,8,17-18H,1-3,6-7,9H2,(H,16,19). The van der Waals surface area contributed by atoms with Crippen molar-refractivity contribution >= 4 is 21.8 Å². The summed E-state index contributed by atoms with van der Waals surface area (Å²) in [5.41, 5.74) is -0.308. The van der Waals surface area contributed by atoms with Gasteiger partial charge in [0.1, 0.15) is 5.75 Å². The average molecular weight is 328 g/mol. The van der Waals surface area contributed by atoms with E-state index in [1.54, 1.807) is 12.1 Å². The van der Waals surface area contributed by atoms with Gasteiger partial charge in [-0.2, -0.15) is 0 Å². The van der Waals surface area contributed by atoms with Crippen molar-refractivity contribution in [2.75, 3.05) is 6.61 Å². The SMILES string of the molecule is O=C(NC1(CO)CCCCC1)c1cc(Br)ccc1O. The maximum atomic E-state index is 12.2. The molecule has 0 spiro atoms. The van der Waals surface area contributed by atoms with Crippen molar-refractivity contribution in [3.63, 3.8) is 0 Å². The van der Waals surface area contributed by atoms with Gasteiger partial charge in [-0.3, -0.25) is 4.79 Å². The van der Waals surface area contributed by atoms with E-state index in [4.69, 9.17) is 0 Å². The van der Waals surface area contributed by atoms with Crippen LogP contribution in [0.5, 0.6) is 5.75 Å². The highest BCUT2D eigenvalue weighted by atomic mass is 79.9. The van der Waals surface area contributed by atoms with Gasteiger partial charge in [0, 0.05) is 4.47 Å². The molecule has 0 atom stereocenters. The van der Waals surface area contributed by atoms with Gasteiger partial charge < -0.3 is 15.5 Å². The molecule has 1 aromatic carbocycles. The second-order valence-corrected chi connectivity index (χ2v) is 6.03. The summed E-state index contributed by atoms with van der Waals surface area (Å²) in [5, 5.41) is 22.2. The molecule has 1 aliphatic rings. The lowest BCUT2D eigenvalue weighted by molar-refractivity contribution is 0.0756. The molecule has 0 radical (unpaired) electrons. The van der Waals surface area contributed by atoms with Crippen LogP contribution >= 0.6 is 15.9 Å². The number of aliphatic hydroxyl groups excluding tert-OH is 1. The molecule has 1 fully saturated rings. The van der Waals surface area contributed by atoms with Crippen molar-refractivity contribution in [3.05, 3.63) is 28.2 Å². The second-order valence-electron chi connectivity index (χ2n) is 5.11. The zero-order valence-electron chi connectivity index (χ0n) is 10.7. The number of phenolic OH excluding ortho intramolecular Hbond substituents is 1. The van der Waals surface area contributed by atoms with Gasteiger partial charge in [0.25, 0.3) is 5.91 Å². The zero-order chi connectivity index (χ0) is 13.9. The molecule has 19 heavy (non-hydrogen) atoms. The molecule has 3 N–H and O–H groups in total. The summed E-state index contributed by atoms with van der Waals surface area (Å²) in [5.74, 6) is -0.389. The van der Waals surface area contributed by atoms with E-state index in [9.17, 15) is 15.0 Å². The molecule has 0 unspecified atom stereocenters. The third-order valence-corrected chi connectivity index (χ3v) is 4.19. The Morgan fingerprint density at radius 2 is 2.00 bits per heavy atom. The Morgan fingerprint density at radius 1 is 1.32 bits per heavy atom. The Morgan fingerprint density at radius 3 is 2.63 bits per heavy atom. The van der Waals surface area contributed by atoms with E-state index in [1.807, 2.05) is 0 Å². The predicted molar refractivity (Wildman–Crippen MR) is 76.2 cm³/mol. The summed E-state index contributed by atoms with van der Waals surface area (Å²) in [6, 6.07) is 4.73. The molecule has 1 saturated carbocycles. The van der Waals surface area contributed by atoms with Crippen LogP contribution in [0.15, 0.2) is 22.7 Å². The van der Waals surface area contributed by atoms with Gasteiger partial charge in [-0.15, -0.1) is 0 Å². The molecule has 5 heteroatoms. The van der Waals surface area contributed by atoms with Crippen molar-refractivity contribution in [3.8, 4) is 5.75 Å². The molecule has 1 amide bonds. The number of aromatic hydroxyl groups is 1. The number of aliphatic hydroxyl groups is 1. The largest absolute Gasteiger partial charge is 0.507 e. The Labute approximate surface area is 121 Å². The highest BCUT2D eigenvalue weighted by molar-refractivity contribution is 9.10. The lowest BCUT2D eigenvalue weighted by Gasteiger charge is -2.36. The first-order valence-corrected chi connectivity index (χ1v) is 7.27. The molecule has 1 aromatic rings. The lowest BCUT2D eigenvalue weighted by Crippen LogP contribution is -2.52. The normalized spacial score (nSPS) is 18.0. The first-order chi connectivity index (χ1) is 9.06. The Balaban J connectivity index is 2.17. The number of nitrogens with one attached hydrogen (secondary N) is 1. The average Bonchev–Trinajstić information content (AvgIpc) is 2.42. The van der Waals surface area contributed by atoms with Crippen LogP contribution in [0.1, 0.15) is 42.5 Å². The van der Waals surface area contributed by atoms with Crippen molar-refractivity contribution in [2.24, 2.45) is 0 Å². The van der Waals surface area contributed by atoms with Crippen molar-refractivity contribution in [1.29, 1.82) is 0 Å². The smallest absolute Gasteiger partial charge is 0.255 e. The molecule has 104 valence electrons. The van der Waals surface area contributed by atoms with Crippen LogP contribution in [0, 0.1) is 0 Å². The van der Waals surface area contributed by atoms with Crippen LogP contribution in [0.25, 0.3) is 0 Å². The monoisotopic (exact) mass is 327 g/mol. The van der Waals surface area contributed by atoms with Gasteiger partial charge >= 0.3 is 0 Å². The molecular formula is C14H18BrNO3. The van der Waals surface area contributed by atoms with Crippen molar-refractivity contribution in [1.82, 2.24) is 5.32 Å². The van der Waals surface area contributed by atoms with Gasteiger partial charge in [-0.05, 0) is 31.0 Å². The number of halogens is 1. The van der Waals surface area contributed by atoms with Crippen molar-refractivity contribution in [2.45, 2.75) is 37.6 Å². The molecule has 0 saturated heterocycles. The summed E-state index contributed by atoms with van der Waals surface area (Å²) in [6.45, 7) is -0.0620. The van der Waals surface area contributed by atoms with Gasteiger partial charge in [-0.25, -0.2) is 0 Å². The maximum Gasteiger partial charge on any atom is 0.255 e. The fourth-order valence-corrected chi connectivity index (χ4v) is 2.91. The first kappa shape index (κ1) is 14.3. The fraction of sp³-hybridized carbons (Fsp3) is 0.500. The fourth-order valence-electron chi connectivity index (χ4n) is 2.55. The minimum Gasteiger partial charge on any atom is -0.507 e. The summed E-state index contributed by atoms with van der Waals surface area (Å²) < 4.78 is 0.733. The van der Waals surface area contributed by atoms with Crippen LogP contribution in [0.4, 0.5) is 0 Å². The van der Waals surface area contributed by atoms with Gasteiger partial charge in [-0.1, -0.05) is 35.2 Å². The number of hydrogen-bond donors (Lipinski definition) is 3. The van der Waals surface area contributed by atoms with E-state index in [0.717, 1.165) is 36.6 Å². The molecule has 0 aromatic heterocycles. The number of hydrogen-bond acceptors (Lipinski definition) is 3. The van der Waals surface area contributed by atoms with Crippen LogP contribution in [0.3, 0.4) is 0 Å². The van der Waals surface area contributed by atoms with Gasteiger partial charge in [0.05, 0.1) is 17.7 Å². The minimum absolute atomic E-state index is 0.0513. The van der Waals surface area contributed by atoms with Crippen LogP contribution in [-0.4, -0.2) is 28.3 Å². The van der Waals surface area contributed by atoms with Crippen molar-refractivity contribution < 1.29 is 15.0 Å². The third-order valence-electron chi connectivity index (χ3n) is 3.70. The number of rotatable bonds is 3. The highest BCUT2D eigenvalue weighted by Gasteiger charge is 2.33. The third kappa shape index (κ3) is 3.28. The highest BCUT2D eigenvalue weighted by Crippen LogP contribution is 2.29. The van der Waals surface area contributed by atoms with Crippen LogP contribution in [-0.2, 0) is 0 Å². The van der Waals surface area contributed by atoms with E-state index < -0.39 is 5.54 Å². The molecule has 1 aliphatic carbocycles. The second kappa shape index (κ2) is 5.92. The summed E-state index contributed by atoms with van der Waals surface area (Å²) >= 11 is 3.28. The molecule has 0 aliphatic heterocycles. The predicted octanol–water partition coefficient (Wildman–Crippen LogP) is 2.58. The summed E-state index contributed by atoms with van der Waals surface area (Å²) in [7, 11) is 0. The number of benzene rings is 1. The molecule has 0 heterocycles. The van der Waals surface area contributed by atoms with E-state index in [2.05, 4.69) is 21.2 Å². The van der Waals surface area contributed by atoms with E-state index in [1.165, 1.54) is 6.07 Å². The van der Waals surface area contributed by atoms with Crippen LogP contribution < -0.4 is 5.32 Å². The van der Waals surface area contributed by atoms with Gasteiger partial charge in [0.2, 0.25) is 0 Å². The lowest BCUT2D eigenvalue weighted by atomic mass is 9.82. The maximum absolute atomic E-state index is 12.2. The van der Waals surface area contributed by atoms with Crippen LogP contribution in [0.2, 0.25) is 0 Å². The van der Waals surface area contributed by atoms with E-state index >= 15 is 0 Å². The molecule has 0 bridgehead atoms. The molecule has 4 nitrogen and oxygen atoms in total. The number of carbonyl (C=O) groups is 1. The summed E-state index contributed by atoms with van der Waals surface area (Å²) in [4.78, 5) is 12.2. The Kier molecular flexibility index (Phi) is 4.47. The molecular weight excluding hydrogens is 310 g/mol. The Bertz CT molecular complexity index is 470. The Hall–Kier alpha value is -1.07. The molecule has 2 rings (SSSR count). The quantitative estimate of drug-likeness (QED) is 0.799.